The second-order valence-electron chi connectivity index (χ2n) is 9.62. The van der Waals surface area contributed by atoms with Gasteiger partial charge in [0.1, 0.15) is 11.3 Å². The molecule has 0 saturated carbocycles. The lowest BCUT2D eigenvalue weighted by atomic mass is 9.80. The van der Waals surface area contributed by atoms with Crippen molar-refractivity contribution in [2.24, 2.45) is 5.92 Å². The number of furan rings is 1. The maximum Gasteiger partial charge on any atom is 0.189 e. The molecule has 32 heavy (non-hydrogen) atoms. The molecule has 6 atom stereocenters. The average molecular weight is 447 g/mol. The highest BCUT2D eigenvalue weighted by Gasteiger charge is 2.68. The molecule has 7 heteroatoms. The molecule has 7 nitrogen and oxygen atoms in total. The number of phenols is 1. The predicted octanol–water partition coefficient (Wildman–Crippen LogP) is 4.05. The van der Waals surface area contributed by atoms with Crippen LogP contribution in [0.2, 0.25) is 0 Å². The van der Waals surface area contributed by atoms with Crippen molar-refractivity contribution in [3.8, 4) is 5.75 Å². The maximum absolute atomic E-state index is 11.8. The number of ether oxygens (including phenoxy) is 2. The molecule has 1 aromatic heterocycles. The fourth-order valence-corrected chi connectivity index (χ4v) is 5.39. The van der Waals surface area contributed by atoms with E-state index in [0.29, 0.717) is 42.6 Å². The number of epoxide rings is 1. The summed E-state index contributed by atoms with van der Waals surface area (Å²) >= 11 is 0. The summed E-state index contributed by atoms with van der Waals surface area (Å²) in [5.74, 6) is 0.109. The summed E-state index contributed by atoms with van der Waals surface area (Å²) < 4.78 is 17.5. The van der Waals surface area contributed by atoms with E-state index in [1.165, 1.54) is 0 Å². The molecule has 0 amide bonds. The highest BCUT2D eigenvalue weighted by Crippen LogP contribution is 2.51. The quantitative estimate of drug-likeness (QED) is 0.414. The van der Waals surface area contributed by atoms with Crippen LogP contribution in [0.1, 0.15) is 80.8 Å². The Bertz CT molecular complexity index is 966. The third-order valence-corrected chi connectivity index (χ3v) is 7.01. The van der Waals surface area contributed by atoms with Crippen molar-refractivity contribution < 1.29 is 34.0 Å². The minimum absolute atomic E-state index is 0.0349. The minimum Gasteiger partial charge on any atom is -0.507 e. The number of phenolic OH excluding ortho intramolecular Hbond substituents is 1. The van der Waals surface area contributed by atoms with E-state index in [1.54, 1.807) is 6.26 Å². The largest absolute Gasteiger partial charge is 0.507 e. The number of aliphatic hydroxyl groups is 2. The van der Waals surface area contributed by atoms with E-state index in [0.717, 1.165) is 23.8 Å². The lowest BCUT2D eigenvalue weighted by Gasteiger charge is -2.39. The van der Waals surface area contributed by atoms with Gasteiger partial charge in [0.05, 0.1) is 30.1 Å². The monoisotopic (exact) mass is 446 g/mol. The summed E-state index contributed by atoms with van der Waals surface area (Å²) in [7, 11) is 0. The van der Waals surface area contributed by atoms with Gasteiger partial charge in [0.25, 0.3) is 0 Å². The molecule has 2 saturated heterocycles. The van der Waals surface area contributed by atoms with Crippen LogP contribution < -0.4 is 0 Å². The van der Waals surface area contributed by atoms with E-state index in [-0.39, 0.29) is 23.3 Å². The fraction of sp³-hybridized carbons (Fsp3) is 0.640. The van der Waals surface area contributed by atoms with Gasteiger partial charge in [-0.3, -0.25) is 4.79 Å². The average Bonchev–Trinajstić information content (AvgIpc) is 3.36. The number of benzene rings is 1. The first-order chi connectivity index (χ1) is 15.3. The number of fused-ring (bicyclic) bond motifs is 1. The standard InChI is InChI=1S/C25H34O7/c1-5-7-15(19-10-20(27)25(24(29)31-19)21(6-2)32-25)18-12-30-23-16(18)9-14(8-13(3)4)22(28)17(23)11-26/h9,11-13,15,19-21,24,27-29H,5-8,10H2,1-4H3. The zero-order chi connectivity index (χ0) is 23.2. The SMILES string of the molecule is CCCC(c1coc2c(C=O)c(O)c(CC(C)C)cc12)C1CC(O)C2(OC2CC)C(O)O1. The van der Waals surface area contributed by atoms with Gasteiger partial charge in [0, 0.05) is 23.3 Å². The lowest BCUT2D eigenvalue weighted by Crippen LogP contribution is -2.53. The van der Waals surface area contributed by atoms with Gasteiger partial charge >= 0.3 is 0 Å². The Kier molecular flexibility index (Phi) is 6.38. The Balaban J connectivity index is 1.73. The molecular formula is C25H34O7. The summed E-state index contributed by atoms with van der Waals surface area (Å²) in [5, 5.41) is 33.0. The highest BCUT2D eigenvalue weighted by atomic mass is 16.7. The van der Waals surface area contributed by atoms with E-state index >= 15 is 0 Å². The molecule has 6 unspecified atom stereocenters. The molecule has 4 rings (SSSR count). The van der Waals surface area contributed by atoms with Gasteiger partial charge in [0.15, 0.2) is 18.2 Å². The zero-order valence-corrected chi connectivity index (χ0v) is 19.2. The molecule has 2 fully saturated rings. The van der Waals surface area contributed by atoms with Crippen LogP contribution in [0, 0.1) is 5.92 Å². The van der Waals surface area contributed by atoms with Crippen molar-refractivity contribution in [3.05, 3.63) is 29.0 Å². The second-order valence-corrected chi connectivity index (χ2v) is 9.62. The van der Waals surface area contributed by atoms with Crippen LogP contribution in [-0.4, -0.2) is 51.8 Å². The third kappa shape index (κ3) is 3.65. The number of rotatable bonds is 8. The van der Waals surface area contributed by atoms with E-state index in [1.807, 2.05) is 13.0 Å². The number of aromatic hydroxyl groups is 1. The molecular weight excluding hydrogens is 412 g/mol. The number of carbonyl (C=O) groups is 1. The molecule has 0 aliphatic carbocycles. The summed E-state index contributed by atoms with van der Waals surface area (Å²) in [6.45, 7) is 8.13. The van der Waals surface area contributed by atoms with E-state index in [4.69, 9.17) is 13.9 Å². The molecule has 176 valence electrons. The number of aldehydes is 1. The van der Waals surface area contributed by atoms with Crippen LogP contribution in [0.15, 0.2) is 16.7 Å². The van der Waals surface area contributed by atoms with Crippen LogP contribution in [0.4, 0.5) is 0 Å². The highest BCUT2D eigenvalue weighted by molar-refractivity contribution is 6.00. The Labute approximate surface area is 188 Å². The topological polar surface area (TPSA) is 113 Å². The van der Waals surface area contributed by atoms with Crippen molar-refractivity contribution in [2.75, 3.05) is 0 Å². The zero-order valence-electron chi connectivity index (χ0n) is 19.2. The van der Waals surface area contributed by atoms with E-state index < -0.39 is 24.1 Å². The number of hydrogen-bond acceptors (Lipinski definition) is 7. The number of carbonyl (C=O) groups excluding carboxylic acids is 1. The van der Waals surface area contributed by atoms with Crippen molar-refractivity contribution in [2.45, 2.75) is 95.9 Å². The van der Waals surface area contributed by atoms with Gasteiger partial charge in [-0.1, -0.05) is 34.1 Å². The minimum atomic E-state index is -1.20. The Morgan fingerprint density at radius 2 is 2.03 bits per heavy atom. The van der Waals surface area contributed by atoms with Gasteiger partial charge in [-0.05, 0) is 36.8 Å². The van der Waals surface area contributed by atoms with Gasteiger partial charge < -0.3 is 29.2 Å². The van der Waals surface area contributed by atoms with Crippen molar-refractivity contribution in [1.29, 1.82) is 0 Å². The first-order valence-electron chi connectivity index (χ1n) is 11.7. The molecule has 1 aromatic carbocycles. The first-order valence-corrected chi connectivity index (χ1v) is 11.7. The Morgan fingerprint density at radius 1 is 1.28 bits per heavy atom. The van der Waals surface area contributed by atoms with Crippen LogP contribution in [0.3, 0.4) is 0 Å². The molecule has 3 N–H and O–H groups in total. The van der Waals surface area contributed by atoms with Crippen molar-refractivity contribution >= 4 is 17.3 Å². The van der Waals surface area contributed by atoms with Gasteiger partial charge in [-0.2, -0.15) is 0 Å². The summed E-state index contributed by atoms with van der Waals surface area (Å²) in [6, 6.07) is 1.90. The van der Waals surface area contributed by atoms with Gasteiger partial charge in [-0.25, -0.2) is 0 Å². The van der Waals surface area contributed by atoms with Crippen LogP contribution in [-0.2, 0) is 15.9 Å². The first kappa shape index (κ1) is 23.2. The Hall–Kier alpha value is -1.93. The molecule has 3 heterocycles. The van der Waals surface area contributed by atoms with E-state index in [9.17, 15) is 20.1 Å². The van der Waals surface area contributed by atoms with Crippen LogP contribution in [0.5, 0.6) is 5.75 Å². The normalized spacial score (nSPS) is 30.8. The van der Waals surface area contributed by atoms with Gasteiger partial charge in [0.2, 0.25) is 0 Å². The Morgan fingerprint density at radius 3 is 2.59 bits per heavy atom. The second kappa shape index (κ2) is 8.78. The maximum atomic E-state index is 11.8. The van der Waals surface area contributed by atoms with Gasteiger partial charge in [-0.15, -0.1) is 0 Å². The molecule has 2 aliphatic heterocycles. The molecule has 1 spiro atoms. The lowest BCUT2D eigenvalue weighted by molar-refractivity contribution is -0.236. The molecule has 0 bridgehead atoms. The summed E-state index contributed by atoms with van der Waals surface area (Å²) in [5.41, 5.74) is 1.04. The van der Waals surface area contributed by atoms with Crippen LogP contribution >= 0.6 is 0 Å². The summed E-state index contributed by atoms with van der Waals surface area (Å²) in [6.07, 6.45) is 2.85. The predicted molar refractivity (Wildman–Crippen MR) is 119 cm³/mol. The molecule has 0 radical (unpaired) electrons. The molecule has 2 aliphatic rings. The van der Waals surface area contributed by atoms with Crippen LogP contribution in [0.25, 0.3) is 11.0 Å². The summed E-state index contributed by atoms with van der Waals surface area (Å²) in [4.78, 5) is 11.8. The van der Waals surface area contributed by atoms with Crippen molar-refractivity contribution in [1.82, 2.24) is 0 Å². The number of hydrogen-bond donors (Lipinski definition) is 3. The third-order valence-electron chi connectivity index (χ3n) is 7.01. The molecule has 2 aromatic rings. The number of aliphatic hydroxyl groups excluding tert-OH is 2. The van der Waals surface area contributed by atoms with E-state index in [2.05, 4.69) is 20.8 Å². The smallest absolute Gasteiger partial charge is 0.189 e. The fourth-order valence-electron chi connectivity index (χ4n) is 5.39. The van der Waals surface area contributed by atoms with Crippen molar-refractivity contribution in [3.63, 3.8) is 0 Å².